The molecule has 0 aliphatic rings. The van der Waals surface area contributed by atoms with Crippen LogP contribution in [0.15, 0.2) is 89.1 Å². The molecular formula is C25H21FN2O4S2. The van der Waals surface area contributed by atoms with Crippen LogP contribution in [-0.2, 0) is 10.0 Å². The van der Waals surface area contributed by atoms with E-state index >= 15 is 0 Å². The van der Waals surface area contributed by atoms with Crippen molar-refractivity contribution in [3.8, 4) is 16.9 Å². The van der Waals surface area contributed by atoms with Crippen molar-refractivity contribution in [2.45, 2.75) is 4.90 Å². The number of methoxy groups -OCH3 is 1. The third-order valence-electron chi connectivity index (χ3n) is 5.17. The lowest BCUT2D eigenvalue weighted by Crippen LogP contribution is -2.28. The van der Waals surface area contributed by atoms with Crippen LogP contribution >= 0.6 is 11.3 Å². The van der Waals surface area contributed by atoms with Crippen molar-refractivity contribution in [3.63, 3.8) is 0 Å². The summed E-state index contributed by atoms with van der Waals surface area (Å²) in [6.07, 6.45) is 0. The van der Waals surface area contributed by atoms with Crippen molar-refractivity contribution in [2.24, 2.45) is 0 Å². The first-order chi connectivity index (χ1) is 16.3. The van der Waals surface area contributed by atoms with E-state index < -0.39 is 21.7 Å². The summed E-state index contributed by atoms with van der Waals surface area (Å²) in [5, 5.41) is 4.29. The molecule has 1 aromatic heterocycles. The lowest BCUT2D eigenvalue weighted by Gasteiger charge is -2.21. The van der Waals surface area contributed by atoms with E-state index in [4.69, 9.17) is 4.74 Å². The maximum Gasteiger partial charge on any atom is 0.267 e. The van der Waals surface area contributed by atoms with Crippen molar-refractivity contribution >= 4 is 38.6 Å². The highest BCUT2D eigenvalue weighted by molar-refractivity contribution is 7.93. The van der Waals surface area contributed by atoms with Gasteiger partial charge in [-0.05, 0) is 54.1 Å². The fourth-order valence-corrected chi connectivity index (χ4v) is 6.25. The average molecular weight is 497 g/mol. The van der Waals surface area contributed by atoms with Crippen LogP contribution in [0.1, 0.15) is 9.67 Å². The summed E-state index contributed by atoms with van der Waals surface area (Å²) < 4.78 is 47.8. The second-order valence-corrected chi connectivity index (χ2v) is 10.1. The Labute approximate surface area is 201 Å². The molecule has 3 aromatic carbocycles. The quantitative estimate of drug-likeness (QED) is 0.359. The van der Waals surface area contributed by atoms with Crippen molar-refractivity contribution in [2.75, 3.05) is 23.8 Å². The average Bonchev–Trinajstić information content (AvgIpc) is 3.31. The molecule has 1 heterocycles. The van der Waals surface area contributed by atoms with Gasteiger partial charge >= 0.3 is 0 Å². The predicted octanol–water partition coefficient (Wildman–Crippen LogP) is 5.64. The number of carbonyl (C=O) groups is 1. The van der Waals surface area contributed by atoms with Crippen LogP contribution in [0.3, 0.4) is 0 Å². The van der Waals surface area contributed by atoms with Crippen molar-refractivity contribution in [1.82, 2.24) is 0 Å². The van der Waals surface area contributed by atoms with Crippen molar-refractivity contribution in [3.05, 3.63) is 94.9 Å². The molecule has 4 rings (SSSR count). The Kier molecular flexibility index (Phi) is 6.67. The van der Waals surface area contributed by atoms with E-state index in [0.29, 0.717) is 22.7 Å². The smallest absolute Gasteiger partial charge is 0.267 e. The van der Waals surface area contributed by atoms with Gasteiger partial charge in [0.15, 0.2) is 0 Å². The molecule has 0 atom stereocenters. The zero-order chi connectivity index (χ0) is 24.3. The van der Waals surface area contributed by atoms with Gasteiger partial charge in [-0.2, -0.15) is 0 Å². The summed E-state index contributed by atoms with van der Waals surface area (Å²) in [7, 11) is -1.22. The summed E-state index contributed by atoms with van der Waals surface area (Å²) in [5.74, 6) is -0.471. The van der Waals surface area contributed by atoms with E-state index in [1.54, 1.807) is 66.0 Å². The molecule has 0 aliphatic carbocycles. The van der Waals surface area contributed by atoms with E-state index in [1.165, 1.54) is 32.4 Å². The largest absolute Gasteiger partial charge is 0.497 e. The zero-order valence-corrected chi connectivity index (χ0v) is 20.0. The van der Waals surface area contributed by atoms with Gasteiger partial charge in [-0.15, -0.1) is 11.3 Å². The number of nitrogens with zero attached hydrogens (tertiary/aromatic N) is 1. The molecule has 9 heteroatoms. The van der Waals surface area contributed by atoms with E-state index in [2.05, 4.69) is 5.32 Å². The van der Waals surface area contributed by atoms with Gasteiger partial charge in [-0.25, -0.2) is 12.8 Å². The molecule has 174 valence electrons. The first kappa shape index (κ1) is 23.5. The lowest BCUT2D eigenvalue weighted by molar-refractivity contribution is 0.102. The number of rotatable bonds is 7. The third-order valence-corrected chi connectivity index (χ3v) is 8.15. The van der Waals surface area contributed by atoms with Gasteiger partial charge in [0.25, 0.3) is 15.9 Å². The number of amides is 1. The lowest BCUT2D eigenvalue weighted by atomic mass is 10.1. The van der Waals surface area contributed by atoms with Gasteiger partial charge in [0.1, 0.15) is 21.3 Å². The summed E-state index contributed by atoms with van der Waals surface area (Å²) in [6.45, 7) is 0. The molecular weight excluding hydrogens is 475 g/mol. The monoisotopic (exact) mass is 496 g/mol. The molecule has 1 amide bonds. The Morgan fingerprint density at radius 3 is 2.35 bits per heavy atom. The second-order valence-electron chi connectivity index (χ2n) is 7.31. The van der Waals surface area contributed by atoms with Gasteiger partial charge in [0, 0.05) is 23.7 Å². The maximum absolute atomic E-state index is 14.0. The number of anilines is 2. The number of thiophene rings is 1. The molecule has 0 saturated heterocycles. The number of ether oxygens (including phenoxy) is 1. The molecule has 0 aliphatic heterocycles. The Morgan fingerprint density at radius 2 is 1.71 bits per heavy atom. The Morgan fingerprint density at radius 1 is 1.00 bits per heavy atom. The van der Waals surface area contributed by atoms with Crippen LogP contribution in [0.5, 0.6) is 5.75 Å². The number of hydrogen-bond acceptors (Lipinski definition) is 5. The van der Waals surface area contributed by atoms with Gasteiger partial charge in [0.05, 0.1) is 12.8 Å². The molecule has 34 heavy (non-hydrogen) atoms. The summed E-state index contributed by atoms with van der Waals surface area (Å²) in [6, 6.07) is 20.8. The zero-order valence-electron chi connectivity index (χ0n) is 18.4. The van der Waals surface area contributed by atoms with Gasteiger partial charge in [-0.1, -0.05) is 30.3 Å². The van der Waals surface area contributed by atoms with Gasteiger partial charge in [0.2, 0.25) is 0 Å². The molecule has 0 radical (unpaired) electrons. The van der Waals surface area contributed by atoms with E-state index in [0.717, 1.165) is 15.6 Å². The summed E-state index contributed by atoms with van der Waals surface area (Å²) in [4.78, 5) is 13.0. The van der Waals surface area contributed by atoms with Crippen molar-refractivity contribution < 1.29 is 22.3 Å². The first-order valence-corrected chi connectivity index (χ1v) is 12.5. The minimum absolute atomic E-state index is 0.00198. The number of nitrogens with one attached hydrogen (secondary N) is 1. The molecule has 0 fully saturated rings. The second kappa shape index (κ2) is 9.66. The number of para-hydroxylation sites is 1. The Bertz CT molecular complexity index is 1420. The van der Waals surface area contributed by atoms with Crippen molar-refractivity contribution in [1.29, 1.82) is 0 Å². The molecule has 0 spiro atoms. The van der Waals surface area contributed by atoms with Crippen LogP contribution in [0.4, 0.5) is 15.8 Å². The van der Waals surface area contributed by atoms with Crippen LogP contribution in [-0.4, -0.2) is 28.5 Å². The van der Waals surface area contributed by atoms with Crippen LogP contribution in [0, 0.1) is 5.82 Å². The molecule has 0 unspecified atom stereocenters. The number of carbonyl (C=O) groups excluding carboxylic acids is 1. The highest BCUT2D eigenvalue weighted by Crippen LogP contribution is 2.38. The highest BCUT2D eigenvalue weighted by atomic mass is 32.2. The fraction of sp³-hybridized carbons (Fsp3) is 0.0800. The first-order valence-electron chi connectivity index (χ1n) is 10.2. The van der Waals surface area contributed by atoms with Crippen LogP contribution < -0.4 is 14.4 Å². The normalized spacial score (nSPS) is 11.1. The molecule has 6 nitrogen and oxygen atoms in total. The number of hydrogen-bond donors (Lipinski definition) is 1. The SMILES string of the molecule is COc1ccc(NC(=O)c2scc(-c3cccc(F)c3)c2S(=O)(=O)N(C)c2ccccc2)cc1. The van der Waals surface area contributed by atoms with Gasteiger partial charge in [-0.3, -0.25) is 9.10 Å². The number of benzene rings is 3. The van der Waals surface area contributed by atoms with Crippen LogP contribution in [0.2, 0.25) is 0 Å². The summed E-state index contributed by atoms with van der Waals surface area (Å²) >= 11 is 0.986. The Hall–Kier alpha value is -3.69. The standard InChI is InChI=1S/C25H21FN2O4S2/c1-28(20-9-4-3-5-10-20)34(30,31)24-22(17-7-6-8-18(26)15-17)16-33-23(24)25(29)27-19-11-13-21(32-2)14-12-19/h3-16H,1-2H3,(H,27,29). The molecule has 4 aromatic rings. The number of sulfonamides is 1. The maximum atomic E-state index is 14.0. The fourth-order valence-electron chi connectivity index (χ4n) is 3.39. The van der Waals surface area contributed by atoms with Gasteiger partial charge < -0.3 is 10.1 Å². The van der Waals surface area contributed by atoms with Crippen LogP contribution in [0.25, 0.3) is 11.1 Å². The molecule has 0 bridgehead atoms. The number of halogens is 1. The van der Waals surface area contributed by atoms with E-state index in [9.17, 15) is 17.6 Å². The predicted molar refractivity (Wildman–Crippen MR) is 133 cm³/mol. The molecule has 1 N–H and O–H groups in total. The minimum atomic E-state index is -4.18. The summed E-state index contributed by atoms with van der Waals surface area (Å²) in [5.41, 5.74) is 1.53. The molecule has 0 saturated carbocycles. The third kappa shape index (κ3) is 4.66. The topological polar surface area (TPSA) is 75.7 Å². The minimum Gasteiger partial charge on any atom is -0.497 e. The highest BCUT2D eigenvalue weighted by Gasteiger charge is 2.32. The Balaban J connectivity index is 1.81. The van der Waals surface area contributed by atoms with E-state index in [1.807, 2.05) is 0 Å². The van der Waals surface area contributed by atoms with E-state index in [-0.39, 0.29) is 15.3 Å².